The first kappa shape index (κ1) is 16.1. The van der Waals surface area contributed by atoms with Crippen LogP contribution in [0.25, 0.3) is 5.69 Å². The molecule has 1 atom stereocenters. The van der Waals surface area contributed by atoms with Gasteiger partial charge in [-0.05, 0) is 31.5 Å². The fourth-order valence-electron chi connectivity index (χ4n) is 2.88. The largest absolute Gasteiger partial charge is 0.369 e. The van der Waals surface area contributed by atoms with E-state index in [4.69, 9.17) is 5.73 Å². The average Bonchev–Trinajstić information content (AvgIpc) is 3.05. The number of carbonyl (C=O) groups is 2. The fourth-order valence-corrected chi connectivity index (χ4v) is 2.88. The number of carbonyl (C=O) groups excluding carboxylic acids is 2. The average molecular weight is 328 g/mol. The van der Waals surface area contributed by atoms with Crippen molar-refractivity contribution in [3.05, 3.63) is 42.5 Å². The van der Waals surface area contributed by atoms with Gasteiger partial charge in [0.05, 0.1) is 24.0 Å². The summed E-state index contributed by atoms with van der Waals surface area (Å²) in [5, 5.41) is 7.22. The molecule has 3 rings (SSSR count). The topological polar surface area (TPSA) is 106 Å². The number of likely N-dealkylation sites (tertiary alicyclic amines) is 1. The van der Waals surface area contributed by atoms with Crippen molar-refractivity contribution in [3.8, 4) is 5.69 Å². The quantitative estimate of drug-likeness (QED) is 0.800. The summed E-state index contributed by atoms with van der Waals surface area (Å²) in [6, 6.07) is 3.64. The summed E-state index contributed by atoms with van der Waals surface area (Å²) in [6.07, 6.45) is 8.39. The van der Waals surface area contributed by atoms with Gasteiger partial charge in [-0.25, -0.2) is 4.68 Å². The Labute approximate surface area is 139 Å². The highest BCUT2D eigenvalue weighted by Crippen LogP contribution is 2.11. The van der Waals surface area contributed by atoms with E-state index in [-0.39, 0.29) is 24.4 Å². The van der Waals surface area contributed by atoms with Crippen LogP contribution >= 0.6 is 0 Å². The lowest BCUT2D eigenvalue weighted by atomic mass is 10.1. The number of piperidine rings is 1. The number of hydrogen-bond acceptors (Lipinski definition) is 5. The minimum absolute atomic E-state index is 0.00914. The van der Waals surface area contributed by atoms with Gasteiger partial charge >= 0.3 is 0 Å². The van der Waals surface area contributed by atoms with Crippen LogP contribution in [0.4, 0.5) is 0 Å². The second-order valence-electron chi connectivity index (χ2n) is 5.89. The lowest BCUT2D eigenvalue weighted by Crippen LogP contribution is -2.49. The standard InChI is InChI=1S/C16H20N6O2/c17-15(23)11-21-7-1-2-13(10-21)20-16(24)12-8-19-22(9-12)14-3-5-18-6-4-14/h3-6,8-9,13H,1-2,7,10-11H2,(H2,17,23)(H,20,24)/t13-/m1/s1. The molecule has 8 nitrogen and oxygen atoms in total. The van der Waals surface area contributed by atoms with Gasteiger partial charge in [-0.3, -0.25) is 19.5 Å². The number of amides is 2. The highest BCUT2D eigenvalue weighted by atomic mass is 16.2. The molecule has 3 N–H and O–H groups in total. The Morgan fingerprint density at radius 2 is 2.12 bits per heavy atom. The Hall–Kier alpha value is -2.74. The molecule has 0 radical (unpaired) electrons. The second-order valence-corrected chi connectivity index (χ2v) is 5.89. The molecule has 1 fully saturated rings. The van der Waals surface area contributed by atoms with Gasteiger partial charge in [0.1, 0.15) is 0 Å². The summed E-state index contributed by atoms with van der Waals surface area (Å²) >= 11 is 0. The molecule has 0 aliphatic carbocycles. The molecule has 1 aliphatic rings. The molecule has 2 aromatic heterocycles. The number of rotatable bonds is 5. The predicted molar refractivity (Wildman–Crippen MR) is 87.5 cm³/mol. The van der Waals surface area contributed by atoms with E-state index in [1.165, 1.54) is 0 Å². The summed E-state index contributed by atoms with van der Waals surface area (Å²) in [6.45, 7) is 1.69. The number of pyridine rings is 1. The number of nitrogens with zero attached hydrogens (tertiary/aromatic N) is 4. The summed E-state index contributed by atoms with van der Waals surface area (Å²) < 4.78 is 1.64. The van der Waals surface area contributed by atoms with E-state index in [0.717, 1.165) is 25.1 Å². The van der Waals surface area contributed by atoms with Crippen LogP contribution in [-0.4, -0.2) is 57.2 Å². The van der Waals surface area contributed by atoms with Gasteiger partial charge in [0.2, 0.25) is 5.91 Å². The SMILES string of the molecule is NC(=O)CN1CCC[C@@H](NC(=O)c2cnn(-c3ccncc3)c2)C1. The summed E-state index contributed by atoms with van der Waals surface area (Å²) in [4.78, 5) is 29.4. The molecule has 2 aromatic rings. The molecular weight excluding hydrogens is 308 g/mol. The predicted octanol–water partition coefficient (Wildman–Crippen LogP) is -0.0532. The van der Waals surface area contributed by atoms with Crippen molar-refractivity contribution in [2.45, 2.75) is 18.9 Å². The molecule has 126 valence electrons. The Balaban J connectivity index is 1.61. The molecule has 1 saturated heterocycles. The van der Waals surface area contributed by atoms with Crippen LogP contribution in [0, 0.1) is 0 Å². The molecule has 0 aromatic carbocycles. The van der Waals surface area contributed by atoms with Crippen LogP contribution < -0.4 is 11.1 Å². The van der Waals surface area contributed by atoms with E-state index in [1.54, 1.807) is 29.5 Å². The Kier molecular flexibility index (Phi) is 4.85. The van der Waals surface area contributed by atoms with E-state index in [0.29, 0.717) is 12.1 Å². The normalized spacial score (nSPS) is 18.2. The maximum atomic E-state index is 12.4. The number of nitrogens with two attached hydrogens (primary N) is 1. The van der Waals surface area contributed by atoms with Gasteiger partial charge in [0.15, 0.2) is 0 Å². The second kappa shape index (κ2) is 7.22. The highest BCUT2D eigenvalue weighted by Gasteiger charge is 2.23. The molecule has 1 aliphatic heterocycles. The minimum atomic E-state index is -0.347. The van der Waals surface area contributed by atoms with Gasteiger partial charge in [0.25, 0.3) is 5.91 Å². The third-order valence-electron chi connectivity index (χ3n) is 3.99. The zero-order valence-corrected chi connectivity index (χ0v) is 13.3. The van der Waals surface area contributed by atoms with E-state index in [9.17, 15) is 9.59 Å². The highest BCUT2D eigenvalue weighted by molar-refractivity contribution is 5.94. The summed E-state index contributed by atoms with van der Waals surface area (Å²) in [5.41, 5.74) is 6.58. The van der Waals surface area contributed by atoms with Crippen LogP contribution in [-0.2, 0) is 4.79 Å². The Morgan fingerprint density at radius 1 is 1.33 bits per heavy atom. The lowest BCUT2D eigenvalue weighted by Gasteiger charge is -2.32. The van der Waals surface area contributed by atoms with Crippen LogP contribution in [0.15, 0.2) is 36.9 Å². The third-order valence-corrected chi connectivity index (χ3v) is 3.99. The van der Waals surface area contributed by atoms with E-state index in [1.807, 2.05) is 17.0 Å². The molecule has 0 spiro atoms. The Bertz CT molecular complexity index is 714. The van der Waals surface area contributed by atoms with Gasteiger partial charge in [-0.15, -0.1) is 0 Å². The first-order valence-corrected chi connectivity index (χ1v) is 7.88. The van der Waals surface area contributed by atoms with Crippen molar-refractivity contribution in [3.63, 3.8) is 0 Å². The number of primary amides is 1. The molecule has 3 heterocycles. The molecular formula is C16H20N6O2. The van der Waals surface area contributed by atoms with Gasteiger partial charge in [0, 0.05) is 31.2 Å². The summed E-state index contributed by atoms with van der Waals surface area (Å²) in [5.74, 6) is -0.512. The smallest absolute Gasteiger partial charge is 0.254 e. The lowest BCUT2D eigenvalue weighted by molar-refractivity contribution is -0.119. The fraction of sp³-hybridized carbons (Fsp3) is 0.375. The maximum absolute atomic E-state index is 12.4. The van der Waals surface area contributed by atoms with E-state index in [2.05, 4.69) is 15.4 Å². The van der Waals surface area contributed by atoms with E-state index >= 15 is 0 Å². The van der Waals surface area contributed by atoms with Crippen LogP contribution in [0.2, 0.25) is 0 Å². The van der Waals surface area contributed by atoms with Crippen molar-refractivity contribution in [1.29, 1.82) is 0 Å². The van der Waals surface area contributed by atoms with Gasteiger partial charge < -0.3 is 11.1 Å². The monoisotopic (exact) mass is 328 g/mol. The minimum Gasteiger partial charge on any atom is -0.369 e. The van der Waals surface area contributed by atoms with Crippen LogP contribution in [0.1, 0.15) is 23.2 Å². The number of aromatic nitrogens is 3. The van der Waals surface area contributed by atoms with Crippen molar-refractivity contribution in [2.24, 2.45) is 5.73 Å². The molecule has 8 heteroatoms. The zero-order chi connectivity index (χ0) is 16.9. The molecule has 2 amide bonds. The van der Waals surface area contributed by atoms with Gasteiger partial charge in [-0.1, -0.05) is 0 Å². The third kappa shape index (κ3) is 3.96. The molecule has 0 saturated carbocycles. The Morgan fingerprint density at radius 3 is 2.88 bits per heavy atom. The van der Waals surface area contributed by atoms with Gasteiger partial charge in [-0.2, -0.15) is 5.10 Å². The first-order valence-electron chi connectivity index (χ1n) is 7.88. The first-order chi connectivity index (χ1) is 11.6. The molecule has 0 unspecified atom stereocenters. The van der Waals surface area contributed by atoms with Crippen molar-refractivity contribution in [1.82, 2.24) is 25.0 Å². The van der Waals surface area contributed by atoms with Crippen molar-refractivity contribution in [2.75, 3.05) is 19.6 Å². The van der Waals surface area contributed by atoms with Crippen LogP contribution in [0.3, 0.4) is 0 Å². The number of nitrogens with one attached hydrogen (secondary N) is 1. The maximum Gasteiger partial charge on any atom is 0.254 e. The zero-order valence-electron chi connectivity index (χ0n) is 13.3. The van der Waals surface area contributed by atoms with Crippen molar-refractivity contribution < 1.29 is 9.59 Å². The number of hydrogen-bond donors (Lipinski definition) is 2. The van der Waals surface area contributed by atoms with Crippen molar-refractivity contribution >= 4 is 11.8 Å². The molecule has 24 heavy (non-hydrogen) atoms. The van der Waals surface area contributed by atoms with Crippen LogP contribution in [0.5, 0.6) is 0 Å². The van der Waals surface area contributed by atoms with E-state index < -0.39 is 0 Å². The summed E-state index contributed by atoms with van der Waals surface area (Å²) in [7, 11) is 0. The molecule has 0 bridgehead atoms.